The smallest absolute Gasteiger partial charge is 0.280 e. The molecular formula is C16H14ClFN6O2. The van der Waals surface area contributed by atoms with Crippen LogP contribution in [-0.2, 0) is 0 Å². The molecule has 3 heterocycles. The molecule has 0 unspecified atom stereocenters. The maximum atomic E-state index is 13.9. The predicted octanol–water partition coefficient (Wildman–Crippen LogP) is 2.52. The number of benzene rings is 1. The van der Waals surface area contributed by atoms with Crippen molar-refractivity contribution in [2.75, 3.05) is 13.1 Å². The number of hydrogen-bond donors (Lipinski definition) is 0. The van der Waals surface area contributed by atoms with Gasteiger partial charge in [-0.25, -0.2) is 9.07 Å². The van der Waals surface area contributed by atoms with Crippen molar-refractivity contribution in [3.8, 4) is 11.6 Å². The fourth-order valence-corrected chi connectivity index (χ4v) is 3.10. The van der Waals surface area contributed by atoms with E-state index in [4.69, 9.17) is 16.1 Å². The summed E-state index contributed by atoms with van der Waals surface area (Å²) in [5.74, 6) is -0.172. The monoisotopic (exact) mass is 376 g/mol. The fraction of sp³-hybridized carbons (Fsp3) is 0.312. The van der Waals surface area contributed by atoms with Crippen LogP contribution < -0.4 is 0 Å². The summed E-state index contributed by atoms with van der Waals surface area (Å²) >= 11 is 5.88. The second-order valence-electron chi connectivity index (χ2n) is 6.05. The molecule has 0 bridgehead atoms. The third-order valence-corrected chi connectivity index (χ3v) is 4.48. The van der Waals surface area contributed by atoms with Crippen LogP contribution in [0.25, 0.3) is 11.6 Å². The molecular weight excluding hydrogens is 363 g/mol. The molecule has 26 heavy (non-hydrogen) atoms. The number of amides is 1. The number of hydrogen-bond acceptors (Lipinski definition) is 6. The van der Waals surface area contributed by atoms with Crippen molar-refractivity contribution in [1.29, 1.82) is 0 Å². The minimum Gasteiger partial charge on any atom is -0.336 e. The minimum absolute atomic E-state index is 0.0289. The highest BCUT2D eigenvalue weighted by molar-refractivity contribution is 6.31. The number of likely N-dealkylation sites (tertiary alicyclic amines) is 1. The van der Waals surface area contributed by atoms with Gasteiger partial charge in [0.1, 0.15) is 5.82 Å². The normalized spacial score (nSPS) is 17.0. The van der Waals surface area contributed by atoms with Gasteiger partial charge in [0.05, 0.1) is 17.8 Å². The van der Waals surface area contributed by atoms with Crippen LogP contribution in [0, 0.1) is 12.7 Å². The topological polar surface area (TPSA) is 89.9 Å². The van der Waals surface area contributed by atoms with Crippen molar-refractivity contribution in [2.24, 2.45) is 0 Å². The number of aryl methyl sites for hydroxylation is 1. The van der Waals surface area contributed by atoms with Crippen molar-refractivity contribution in [3.05, 3.63) is 46.6 Å². The first-order valence-corrected chi connectivity index (χ1v) is 8.36. The molecule has 8 nitrogen and oxygen atoms in total. The van der Waals surface area contributed by atoms with Crippen LogP contribution in [-0.4, -0.2) is 49.0 Å². The van der Waals surface area contributed by atoms with Crippen molar-refractivity contribution < 1.29 is 13.7 Å². The fourth-order valence-electron chi connectivity index (χ4n) is 2.93. The van der Waals surface area contributed by atoms with Gasteiger partial charge < -0.3 is 9.42 Å². The second-order valence-corrected chi connectivity index (χ2v) is 6.48. The Labute approximate surface area is 152 Å². The van der Waals surface area contributed by atoms with Gasteiger partial charge in [-0.2, -0.15) is 4.98 Å². The Morgan fingerprint density at radius 1 is 1.42 bits per heavy atom. The van der Waals surface area contributed by atoms with E-state index in [2.05, 4.69) is 20.5 Å². The van der Waals surface area contributed by atoms with E-state index in [9.17, 15) is 9.18 Å². The Bertz CT molecular complexity index is 971. The van der Waals surface area contributed by atoms with Crippen molar-refractivity contribution in [2.45, 2.75) is 19.4 Å². The number of nitrogens with zero attached hydrogens (tertiary/aromatic N) is 6. The Balaban J connectivity index is 1.49. The molecule has 1 saturated heterocycles. The first-order valence-electron chi connectivity index (χ1n) is 7.98. The second kappa shape index (κ2) is 6.49. The summed E-state index contributed by atoms with van der Waals surface area (Å²) in [6.45, 7) is 2.60. The first-order chi connectivity index (χ1) is 12.5. The van der Waals surface area contributed by atoms with Gasteiger partial charge in [0.25, 0.3) is 11.8 Å². The molecule has 4 rings (SSSR count). The molecule has 10 heteroatoms. The lowest BCUT2D eigenvalue weighted by molar-refractivity contribution is 0.0782. The molecule has 1 atom stereocenters. The molecule has 1 aliphatic rings. The van der Waals surface area contributed by atoms with E-state index in [-0.39, 0.29) is 17.5 Å². The van der Waals surface area contributed by atoms with E-state index in [1.165, 1.54) is 18.2 Å². The average molecular weight is 377 g/mol. The van der Waals surface area contributed by atoms with Crippen LogP contribution in [0.1, 0.15) is 28.6 Å². The van der Waals surface area contributed by atoms with Gasteiger partial charge in [0.15, 0.2) is 11.5 Å². The predicted molar refractivity (Wildman–Crippen MR) is 89.0 cm³/mol. The molecule has 0 radical (unpaired) electrons. The first kappa shape index (κ1) is 16.6. The van der Waals surface area contributed by atoms with Crippen molar-refractivity contribution in [3.63, 3.8) is 0 Å². The zero-order valence-corrected chi connectivity index (χ0v) is 14.5. The molecule has 0 spiro atoms. The van der Waals surface area contributed by atoms with Gasteiger partial charge in [-0.3, -0.25) is 4.79 Å². The van der Waals surface area contributed by atoms with Crippen LogP contribution >= 0.6 is 11.6 Å². The summed E-state index contributed by atoms with van der Waals surface area (Å²) < 4.78 is 20.7. The summed E-state index contributed by atoms with van der Waals surface area (Å²) in [5, 5.41) is 12.2. The highest BCUT2D eigenvalue weighted by atomic mass is 35.5. The summed E-state index contributed by atoms with van der Waals surface area (Å²) in [6, 6.07) is 3.89. The van der Waals surface area contributed by atoms with Crippen LogP contribution in [0.2, 0.25) is 5.02 Å². The lowest BCUT2D eigenvalue weighted by Gasteiger charge is -2.17. The number of rotatable bonds is 3. The third-order valence-electron chi connectivity index (χ3n) is 4.24. The Morgan fingerprint density at radius 3 is 3.04 bits per heavy atom. The number of halogens is 2. The molecule has 134 valence electrons. The van der Waals surface area contributed by atoms with Crippen LogP contribution in [0.3, 0.4) is 0 Å². The van der Waals surface area contributed by atoms with E-state index in [0.29, 0.717) is 41.9 Å². The third kappa shape index (κ3) is 3.05. The standard InChI is InChI=1S/C16H14ClFN6O2/c1-9-19-15(26-21-9)14-8-24(22-20-14)11-4-5-23(7-11)16(25)12-6-10(17)2-3-13(12)18/h2-3,6,8,11H,4-5,7H2,1H3/t11-/m0/s1. The van der Waals surface area contributed by atoms with Crippen LogP contribution in [0.5, 0.6) is 0 Å². The van der Waals surface area contributed by atoms with E-state index in [1.54, 1.807) is 22.7 Å². The lowest BCUT2D eigenvalue weighted by Crippen LogP contribution is -2.30. The lowest BCUT2D eigenvalue weighted by atomic mass is 10.2. The molecule has 1 aromatic carbocycles. The van der Waals surface area contributed by atoms with Crippen LogP contribution in [0.15, 0.2) is 28.9 Å². The maximum Gasteiger partial charge on any atom is 0.280 e. The van der Waals surface area contributed by atoms with E-state index < -0.39 is 5.82 Å². The number of carbonyl (C=O) groups excluding carboxylic acids is 1. The largest absolute Gasteiger partial charge is 0.336 e. The Morgan fingerprint density at radius 2 is 2.27 bits per heavy atom. The van der Waals surface area contributed by atoms with E-state index in [0.717, 1.165) is 0 Å². The molecule has 1 aliphatic heterocycles. The number of aromatic nitrogens is 5. The molecule has 3 aromatic rings. The highest BCUT2D eigenvalue weighted by Crippen LogP contribution is 2.25. The molecule has 2 aromatic heterocycles. The van der Waals surface area contributed by atoms with E-state index >= 15 is 0 Å². The number of carbonyl (C=O) groups is 1. The van der Waals surface area contributed by atoms with Crippen molar-refractivity contribution in [1.82, 2.24) is 30.0 Å². The average Bonchev–Trinajstić information content (AvgIpc) is 3.35. The van der Waals surface area contributed by atoms with Crippen LogP contribution in [0.4, 0.5) is 4.39 Å². The summed E-state index contributed by atoms with van der Waals surface area (Å²) in [4.78, 5) is 18.3. The molecule has 1 amide bonds. The van der Waals surface area contributed by atoms with Gasteiger partial charge in [0, 0.05) is 18.1 Å². The van der Waals surface area contributed by atoms with E-state index in [1.807, 2.05) is 0 Å². The summed E-state index contributed by atoms with van der Waals surface area (Å²) in [7, 11) is 0. The summed E-state index contributed by atoms with van der Waals surface area (Å²) in [5.41, 5.74) is 0.440. The highest BCUT2D eigenvalue weighted by Gasteiger charge is 2.30. The maximum absolute atomic E-state index is 13.9. The van der Waals surface area contributed by atoms with Gasteiger partial charge in [0.2, 0.25) is 0 Å². The van der Waals surface area contributed by atoms with Gasteiger partial charge >= 0.3 is 0 Å². The van der Waals surface area contributed by atoms with Gasteiger partial charge in [-0.15, -0.1) is 5.10 Å². The molecule has 0 N–H and O–H groups in total. The SMILES string of the molecule is Cc1noc(-c2cn([C@H]3CCN(C(=O)c4cc(Cl)ccc4F)C3)nn2)n1. The minimum atomic E-state index is -0.586. The summed E-state index contributed by atoms with van der Waals surface area (Å²) in [6.07, 6.45) is 2.38. The van der Waals surface area contributed by atoms with Gasteiger partial charge in [-0.05, 0) is 31.5 Å². The Kier molecular flexibility index (Phi) is 4.15. The zero-order valence-electron chi connectivity index (χ0n) is 13.8. The van der Waals surface area contributed by atoms with Gasteiger partial charge in [-0.1, -0.05) is 22.0 Å². The quantitative estimate of drug-likeness (QED) is 0.697. The molecule has 1 fully saturated rings. The molecule has 0 saturated carbocycles. The molecule has 0 aliphatic carbocycles. The Hall–Kier alpha value is -2.81. The van der Waals surface area contributed by atoms with Crippen molar-refractivity contribution >= 4 is 17.5 Å². The zero-order chi connectivity index (χ0) is 18.3.